The molecule has 2 aromatic rings. The summed E-state index contributed by atoms with van der Waals surface area (Å²) < 4.78 is 10.5. The lowest BCUT2D eigenvalue weighted by atomic mass is 10.0. The number of carbonyl (C=O) groups is 1. The van der Waals surface area contributed by atoms with Crippen molar-refractivity contribution in [1.29, 1.82) is 0 Å². The highest BCUT2D eigenvalue weighted by Gasteiger charge is 2.16. The van der Waals surface area contributed by atoms with Gasteiger partial charge in [-0.25, -0.2) is 0 Å². The van der Waals surface area contributed by atoms with Gasteiger partial charge in [-0.2, -0.15) is 0 Å². The molecule has 0 aromatic heterocycles. The van der Waals surface area contributed by atoms with Crippen LogP contribution in [0.3, 0.4) is 0 Å². The van der Waals surface area contributed by atoms with Crippen LogP contribution in [0.2, 0.25) is 0 Å². The van der Waals surface area contributed by atoms with Gasteiger partial charge in [0.25, 0.3) is 5.91 Å². The maximum Gasteiger partial charge on any atom is 0.259 e. The van der Waals surface area contributed by atoms with Gasteiger partial charge in [0.15, 0.2) is 0 Å². The van der Waals surface area contributed by atoms with Crippen molar-refractivity contribution in [1.82, 2.24) is 0 Å². The second kappa shape index (κ2) is 7.94. The van der Waals surface area contributed by atoms with Gasteiger partial charge in [-0.05, 0) is 29.2 Å². The fourth-order valence-electron chi connectivity index (χ4n) is 2.61. The number of allylic oxidation sites excluding steroid dienone is 2. The Morgan fingerprint density at radius 3 is 2.68 bits per heavy atom. The highest BCUT2D eigenvalue weighted by Crippen LogP contribution is 2.31. The number of hydrogen-bond donors (Lipinski definition) is 1. The molecule has 128 valence electrons. The van der Waals surface area contributed by atoms with Crippen molar-refractivity contribution in [2.24, 2.45) is 0 Å². The molecule has 1 aliphatic rings. The lowest BCUT2D eigenvalue weighted by Gasteiger charge is -2.16. The predicted octanol–water partition coefficient (Wildman–Crippen LogP) is 4.60. The van der Waals surface area contributed by atoms with Gasteiger partial charge in [-0.3, -0.25) is 4.79 Å². The van der Waals surface area contributed by atoms with E-state index in [-0.39, 0.29) is 5.91 Å². The number of benzene rings is 2. The van der Waals surface area contributed by atoms with Gasteiger partial charge >= 0.3 is 0 Å². The van der Waals surface area contributed by atoms with Gasteiger partial charge in [-0.1, -0.05) is 30.4 Å². The summed E-state index contributed by atoms with van der Waals surface area (Å²) in [7, 11) is 3.12. The Morgan fingerprint density at radius 2 is 1.96 bits per heavy atom. The van der Waals surface area contributed by atoms with Gasteiger partial charge < -0.3 is 14.8 Å². The molecule has 0 spiro atoms. The van der Waals surface area contributed by atoms with Crippen molar-refractivity contribution in [3.05, 3.63) is 71.2 Å². The van der Waals surface area contributed by atoms with Crippen molar-refractivity contribution in [3.63, 3.8) is 0 Å². The molecule has 1 aliphatic heterocycles. The Labute approximate surface area is 151 Å². The van der Waals surface area contributed by atoms with Gasteiger partial charge in [-0.15, -0.1) is 11.8 Å². The molecule has 0 bridgehead atoms. The quantitative estimate of drug-likeness (QED) is 0.853. The van der Waals surface area contributed by atoms with Crippen LogP contribution in [0.25, 0.3) is 5.57 Å². The Kier molecular flexibility index (Phi) is 5.46. The molecule has 0 radical (unpaired) electrons. The number of methoxy groups -OCH3 is 2. The van der Waals surface area contributed by atoms with Gasteiger partial charge in [0.05, 0.1) is 19.8 Å². The normalized spacial score (nSPS) is 13.1. The number of rotatable bonds is 5. The van der Waals surface area contributed by atoms with Crippen LogP contribution in [0, 0.1) is 0 Å². The molecule has 5 heteroatoms. The van der Waals surface area contributed by atoms with Crippen LogP contribution in [-0.4, -0.2) is 25.9 Å². The predicted molar refractivity (Wildman–Crippen MR) is 104 cm³/mol. The first kappa shape index (κ1) is 17.2. The molecule has 0 saturated heterocycles. The van der Waals surface area contributed by atoms with Gasteiger partial charge in [0.2, 0.25) is 0 Å². The van der Waals surface area contributed by atoms with E-state index in [1.807, 2.05) is 30.3 Å². The first-order valence-corrected chi connectivity index (χ1v) is 8.88. The average Bonchev–Trinajstić information content (AvgIpc) is 2.68. The fourth-order valence-corrected chi connectivity index (χ4v) is 3.33. The molecule has 0 saturated carbocycles. The Hall–Kier alpha value is -2.66. The first-order chi connectivity index (χ1) is 12.2. The van der Waals surface area contributed by atoms with E-state index < -0.39 is 0 Å². The van der Waals surface area contributed by atoms with Crippen molar-refractivity contribution >= 4 is 28.9 Å². The van der Waals surface area contributed by atoms with Crippen LogP contribution < -0.4 is 14.8 Å². The highest BCUT2D eigenvalue weighted by molar-refractivity contribution is 8.02. The van der Waals surface area contributed by atoms with E-state index in [0.717, 1.165) is 17.0 Å². The largest absolute Gasteiger partial charge is 0.497 e. The SMILES string of the molecule is COc1ccc(C(=O)Nc2ccccc2C2=CC=CSC2)c(OC)c1. The number of thioether (sulfide) groups is 1. The molecular formula is C20H19NO3S. The topological polar surface area (TPSA) is 47.6 Å². The molecule has 0 atom stereocenters. The zero-order valence-corrected chi connectivity index (χ0v) is 14.9. The second-order valence-electron chi connectivity index (χ2n) is 5.40. The summed E-state index contributed by atoms with van der Waals surface area (Å²) >= 11 is 1.74. The number of ether oxygens (including phenoxy) is 2. The zero-order chi connectivity index (χ0) is 17.6. The summed E-state index contributed by atoms with van der Waals surface area (Å²) in [5.74, 6) is 1.79. The third-order valence-corrected chi connectivity index (χ3v) is 4.71. The van der Waals surface area contributed by atoms with E-state index in [4.69, 9.17) is 9.47 Å². The van der Waals surface area contributed by atoms with Crippen LogP contribution in [0.15, 0.2) is 60.0 Å². The number of nitrogens with one attached hydrogen (secondary N) is 1. The highest BCUT2D eigenvalue weighted by atomic mass is 32.2. The summed E-state index contributed by atoms with van der Waals surface area (Å²) in [6.07, 6.45) is 4.10. The standard InChI is InChI=1S/C20H19NO3S/c1-23-15-9-10-17(19(12-15)24-2)20(22)21-18-8-4-3-7-16(18)14-6-5-11-25-13-14/h3-12H,13H2,1-2H3,(H,21,22). The monoisotopic (exact) mass is 353 g/mol. The molecule has 0 fully saturated rings. The second-order valence-corrected chi connectivity index (χ2v) is 6.29. The number of carbonyl (C=O) groups excluding carboxylic acids is 1. The van der Waals surface area contributed by atoms with Crippen LogP contribution in [-0.2, 0) is 0 Å². The van der Waals surface area contributed by atoms with Gasteiger partial charge in [0.1, 0.15) is 11.5 Å². The lowest BCUT2D eigenvalue weighted by Crippen LogP contribution is -2.14. The Balaban J connectivity index is 1.89. The summed E-state index contributed by atoms with van der Waals surface area (Å²) in [6.45, 7) is 0. The van der Waals surface area contributed by atoms with E-state index >= 15 is 0 Å². The first-order valence-electron chi connectivity index (χ1n) is 7.83. The van der Waals surface area contributed by atoms with E-state index in [2.05, 4.69) is 16.8 Å². The Bertz CT molecular complexity index is 843. The van der Waals surface area contributed by atoms with E-state index in [1.165, 1.54) is 12.7 Å². The lowest BCUT2D eigenvalue weighted by molar-refractivity contribution is 0.102. The summed E-state index contributed by atoms with van der Waals surface area (Å²) in [5, 5.41) is 5.06. The summed E-state index contributed by atoms with van der Waals surface area (Å²) in [5.41, 5.74) is 3.46. The van der Waals surface area contributed by atoms with Crippen LogP contribution in [0.4, 0.5) is 5.69 Å². The fraction of sp³-hybridized carbons (Fsp3) is 0.150. The van der Waals surface area contributed by atoms with Gasteiger partial charge in [0, 0.05) is 23.1 Å². The van der Waals surface area contributed by atoms with Crippen molar-refractivity contribution in [2.45, 2.75) is 0 Å². The molecule has 1 amide bonds. The third kappa shape index (κ3) is 3.88. The van der Waals surface area contributed by atoms with E-state index in [9.17, 15) is 4.79 Å². The minimum absolute atomic E-state index is 0.216. The molecule has 1 heterocycles. The van der Waals surface area contributed by atoms with Crippen molar-refractivity contribution in [2.75, 3.05) is 25.3 Å². The number of anilines is 1. The molecule has 3 rings (SSSR count). The molecule has 1 N–H and O–H groups in total. The zero-order valence-electron chi connectivity index (χ0n) is 14.1. The maximum atomic E-state index is 12.8. The van der Waals surface area contributed by atoms with Crippen molar-refractivity contribution in [3.8, 4) is 11.5 Å². The molecule has 4 nitrogen and oxygen atoms in total. The van der Waals surface area contributed by atoms with Crippen LogP contribution in [0.5, 0.6) is 11.5 Å². The summed E-state index contributed by atoms with van der Waals surface area (Å²) in [4.78, 5) is 12.8. The number of para-hydroxylation sites is 1. The third-order valence-electron chi connectivity index (χ3n) is 3.89. The van der Waals surface area contributed by atoms with E-state index in [1.54, 1.807) is 37.1 Å². The average molecular weight is 353 g/mol. The number of hydrogen-bond acceptors (Lipinski definition) is 4. The van der Waals surface area contributed by atoms with Crippen molar-refractivity contribution < 1.29 is 14.3 Å². The number of amides is 1. The maximum absolute atomic E-state index is 12.8. The molecule has 0 unspecified atom stereocenters. The Morgan fingerprint density at radius 1 is 1.12 bits per heavy atom. The molecule has 25 heavy (non-hydrogen) atoms. The molecular weight excluding hydrogens is 334 g/mol. The van der Waals surface area contributed by atoms with Crippen LogP contribution in [0.1, 0.15) is 15.9 Å². The summed E-state index contributed by atoms with van der Waals surface area (Å²) in [6, 6.07) is 13.0. The van der Waals surface area contributed by atoms with E-state index in [0.29, 0.717) is 17.1 Å². The smallest absolute Gasteiger partial charge is 0.259 e. The van der Waals surface area contributed by atoms with Crippen LogP contribution >= 0.6 is 11.8 Å². The molecule has 2 aromatic carbocycles. The molecule has 0 aliphatic carbocycles. The minimum atomic E-state index is -0.216. The minimum Gasteiger partial charge on any atom is -0.497 e.